The van der Waals surface area contributed by atoms with E-state index in [0.717, 1.165) is 27.6 Å². The lowest BCUT2D eigenvalue weighted by Gasteiger charge is -2.17. The van der Waals surface area contributed by atoms with E-state index < -0.39 is 0 Å². The summed E-state index contributed by atoms with van der Waals surface area (Å²) in [6.45, 7) is 2.37. The van der Waals surface area contributed by atoms with E-state index in [1.165, 1.54) is 0 Å². The second kappa shape index (κ2) is 9.85. The molecule has 0 aliphatic heterocycles. The number of para-hydroxylation sites is 1. The number of hydrogen-bond donors (Lipinski definition) is 2. The van der Waals surface area contributed by atoms with E-state index in [-0.39, 0.29) is 11.9 Å². The largest absolute Gasteiger partial charge is 0.489 e. The topological polar surface area (TPSA) is 50.4 Å². The predicted molar refractivity (Wildman–Crippen MR) is 117 cm³/mol. The lowest BCUT2D eigenvalue weighted by Crippen LogP contribution is -2.32. The van der Waals surface area contributed by atoms with Crippen LogP contribution in [0.15, 0.2) is 83.8 Å². The van der Waals surface area contributed by atoms with Gasteiger partial charge in [0.15, 0.2) is 0 Å². The summed E-state index contributed by atoms with van der Waals surface area (Å²) in [5, 5.41) is 6.21. The molecular weight excluding hydrogens is 368 g/mol. The first-order chi connectivity index (χ1) is 13.7. The zero-order valence-corrected chi connectivity index (χ0v) is 16.8. The predicted octanol–water partition coefficient (Wildman–Crippen LogP) is 5.43. The monoisotopic (exact) mass is 392 g/mol. The number of thioether (sulfide) groups is 1. The summed E-state index contributed by atoms with van der Waals surface area (Å²) in [5.74, 6) is 0.714. The van der Waals surface area contributed by atoms with Gasteiger partial charge in [-0.15, -0.1) is 11.8 Å². The first-order valence-electron chi connectivity index (χ1n) is 9.13. The molecule has 144 valence electrons. The van der Waals surface area contributed by atoms with Crippen LogP contribution in [0.1, 0.15) is 12.5 Å². The molecule has 0 unspecified atom stereocenters. The Morgan fingerprint density at radius 3 is 2.36 bits per heavy atom. The van der Waals surface area contributed by atoms with E-state index in [2.05, 4.69) is 10.6 Å². The standard InChI is InChI=1S/C23H24N2O2S/c1-17(23(26)25-21-10-6-7-11-22(21)28-2)24-19-12-14-20(15-13-19)27-16-18-8-4-3-5-9-18/h3-15,17,24H,16H2,1-2H3,(H,25,26)/t17-/m1/s1. The Bertz CT molecular complexity index is 898. The van der Waals surface area contributed by atoms with Crippen molar-refractivity contribution in [2.24, 2.45) is 0 Å². The van der Waals surface area contributed by atoms with Gasteiger partial charge < -0.3 is 15.4 Å². The number of rotatable bonds is 8. The van der Waals surface area contributed by atoms with Crippen LogP contribution in [-0.2, 0) is 11.4 Å². The van der Waals surface area contributed by atoms with Crippen molar-refractivity contribution < 1.29 is 9.53 Å². The van der Waals surface area contributed by atoms with Crippen LogP contribution < -0.4 is 15.4 Å². The van der Waals surface area contributed by atoms with Crippen LogP contribution in [0.5, 0.6) is 5.75 Å². The quantitative estimate of drug-likeness (QED) is 0.502. The van der Waals surface area contributed by atoms with Gasteiger partial charge in [-0.1, -0.05) is 42.5 Å². The third-order valence-electron chi connectivity index (χ3n) is 4.24. The minimum absolute atomic E-state index is 0.0779. The molecule has 0 radical (unpaired) electrons. The highest BCUT2D eigenvalue weighted by molar-refractivity contribution is 7.98. The minimum atomic E-state index is -0.369. The van der Waals surface area contributed by atoms with E-state index >= 15 is 0 Å². The third kappa shape index (κ3) is 5.54. The average Bonchev–Trinajstić information content (AvgIpc) is 2.74. The molecule has 4 nitrogen and oxygen atoms in total. The fourth-order valence-corrected chi connectivity index (χ4v) is 3.25. The lowest BCUT2D eigenvalue weighted by molar-refractivity contribution is -0.116. The van der Waals surface area contributed by atoms with Crippen LogP contribution in [0.2, 0.25) is 0 Å². The van der Waals surface area contributed by atoms with Gasteiger partial charge in [0.2, 0.25) is 5.91 Å². The Balaban J connectivity index is 1.53. The number of carbonyl (C=O) groups excluding carboxylic acids is 1. The Hall–Kier alpha value is -2.92. The molecule has 1 atom stereocenters. The average molecular weight is 393 g/mol. The van der Waals surface area contributed by atoms with Crippen molar-refractivity contribution in [1.82, 2.24) is 0 Å². The van der Waals surface area contributed by atoms with Crippen LogP contribution in [0, 0.1) is 0 Å². The van der Waals surface area contributed by atoms with Crippen molar-refractivity contribution in [3.05, 3.63) is 84.4 Å². The molecule has 0 aliphatic carbocycles. The Morgan fingerprint density at radius 2 is 1.64 bits per heavy atom. The van der Waals surface area contributed by atoms with Gasteiger partial charge in [0.05, 0.1) is 5.69 Å². The molecule has 3 rings (SSSR count). The number of benzene rings is 3. The zero-order chi connectivity index (χ0) is 19.8. The minimum Gasteiger partial charge on any atom is -0.489 e. The van der Waals surface area contributed by atoms with Crippen molar-refractivity contribution >= 4 is 29.0 Å². The van der Waals surface area contributed by atoms with Gasteiger partial charge >= 0.3 is 0 Å². The fraction of sp³-hybridized carbons (Fsp3) is 0.174. The molecule has 28 heavy (non-hydrogen) atoms. The van der Waals surface area contributed by atoms with E-state index in [4.69, 9.17) is 4.74 Å². The highest BCUT2D eigenvalue weighted by Crippen LogP contribution is 2.25. The van der Waals surface area contributed by atoms with Crippen molar-refractivity contribution in [3.63, 3.8) is 0 Å². The molecule has 0 fully saturated rings. The van der Waals surface area contributed by atoms with E-state index in [0.29, 0.717) is 6.61 Å². The third-order valence-corrected chi connectivity index (χ3v) is 5.04. The number of carbonyl (C=O) groups is 1. The zero-order valence-electron chi connectivity index (χ0n) is 16.0. The second-order valence-corrected chi connectivity index (χ2v) is 7.20. The summed E-state index contributed by atoms with van der Waals surface area (Å²) in [5.41, 5.74) is 2.83. The van der Waals surface area contributed by atoms with Gasteiger partial charge in [0.25, 0.3) is 0 Å². The normalized spacial score (nSPS) is 11.5. The van der Waals surface area contributed by atoms with Gasteiger partial charge in [-0.2, -0.15) is 0 Å². The first kappa shape index (κ1) is 19.8. The lowest BCUT2D eigenvalue weighted by atomic mass is 10.2. The molecule has 3 aromatic rings. The van der Waals surface area contributed by atoms with Gasteiger partial charge in [0.1, 0.15) is 18.4 Å². The molecule has 2 N–H and O–H groups in total. The number of nitrogens with one attached hydrogen (secondary N) is 2. The number of hydrogen-bond acceptors (Lipinski definition) is 4. The molecule has 0 aromatic heterocycles. The smallest absolute Gasteiger partial charge is 0.246 e. The van der Waals surface area contributed by atoms with Crippen LogP contribution in [0.25, 0.3) is 0 Å². The SMILES string of the molecule is CSc1ccccc1NC(=O)[C@@H](C)Nc1ccc(OCc2ccccc2)cc1. The highest BCUT2D eigenvalue weighted by atomic mass is 32.2. The Kier molecular flexibility index (Phi) is 6.98. The summed E-state index contributed by atoms with van der Waals surface area (Å²) < 4.78 is 5.79. The second-order valence-electron chi connectivity index (χ2n) is 6.35. The van der Waals surface area contributed by atoms with E-state index in [9.17, 15) is 4.79 Å². The number of anilines is 2. The highest BCUT2D eigenvalue weighted by Gasteiger charge is 2.14. The molecule has 0 saturated heterocycles. The number of ether oxygens (including phenoxy) is 1. The fourth-order valence-electron chi connectivity index (χ4n) is 2.69. The van der Waals surface area contributed by atoms with Crippen molar-refractivity contribution in [2.45, 2.75) is 24.5 Å². The van der Waals surface area contributed by atoms with Gasteiger partial charge in [-0.05, 0) is 55.1 Å². The van der Waals surface area contributed by atoms with Gasteiger partial charge in [0, 0.05) is 10.6 Å². The molecule has 0 saturated carbocycles. The molecule has 0 heterocycles. The van der Waals surface area contributed by atoms with Crippen LogP contribution in [0.4, 0.5) is 11.4 Å². The summed E-state index contributed by atoms with van der Waals surface area (Å²) in [6, 6.07) is 25.1. The Morgan fingerprint density at radius 1 is 0.964 bits per heavy atom. The summed E-state index contributed by atoms with van der Waals surface area (Å²) >= 11 is 1.61. The van der Waals surface area contributed by atoms with Crippen molar-refractivity contribution in [1.29, 1.82) is 0 Å². The maximum Gasteiger partial charge on any atom is 0.246 e. The van der Waals surface area contributed by atoms with E-state index in [1.54, 1.807) is 11.8 Å². The summed E-state index contributed by atoms with van der Waals surface area (Å²) in [7, 11) is 0. The molecule has 0 bridgehead atoms. The first-order valence-corrected chi connectivity index (χ1v) is 10.4. The molecule has 0 spiro atoms. The maximum absolute atomic E-state index is 12.5. The Labute approximate surface area is 170 Å². The van der Waals surface area contributed by atoms with Crippen molar-refractivity contribution in [3.8, 4) is 5.75 Å². The van der Waals surface area contributed by atoms with E-state index in [1.807, 2.05) is 92.0 Å². The molecule has 5 heteroatoms. The van der Waals surface area contributed by atoms with Crippen LogP contribution in [0.3, 0.4) is 0 Å². The van der Waals surface area contributed by atoms with Crippen LogP contribution >= 0.6 is 11.8 Å². The summed E-state index contributed by atoms with van der Waals surface area (Å²) in [6.07, 6.45) is 1.99. The molecule has 1 amide bonds. The van der Waals surface area contributed by atoms with Gasteiger partial charge in [-0.3, -0.25) is 4.79 Å². The van der Waals surface area contributed by atoms with Crippen molar-refractivity contribution in [2.75, 3.05) is 16.9 Å². The maximum atomic E-state index is 12.5. The summed E-state index contributed by atoms with van der Waals surface area (Å²) in [4.78, 5) is 13.5. The number of amides is 1. The van der Waals surface area contributed by atoms with Gasteiger partial charge in [-0.25, -0.2) is 0 Å². The van der Waals surface area contributed by atoms with Crippen LogP contribution in [-0.4, -0.2) is 18.2 Å². The molecular formula is C23H24N2O2S. The molecule has 0 aliphatic rings. The molecule has 3 aromatic carbocycles.